The van der Waals surface area contributed by atoms with E-state index in [4.69, 9.17) is 10.5 Å². The van der Waals surface area contributed by atoms with Crippen molar-refractivity contribution in [1.29, 1.82) is 0 Å². The zero-order valence-corrected chi connectivity index (χ0v) is 10.5. The van der Waals surface area contributed by atoms with Gasteiger partial charge in [-0.15, -0.1) is 0 Å². The molecule has 2 nitrogen and oxygen atoms in total. The minimum absolute atomic E-state index is 0.0674. The van der Waals surface area contributed by atoms with Crippen molar-refractivity contribution in [3.05, 3.63) is 28.0 Å². The van der Waals surface area contributed by atoms with Crippen molar-refractivity contribution in [2.75, 3.05) is 7.11 Å². The molecule has 0 aliphatic heterocycles. The molecule has 0 saturated carbocycles. The van der Waals surface area contributed by atoms with Gasteiger partial charge in [0.25, 0.3) is 0 Å². The van der Waals surface area contributed by atoms with Crippen LogP contribution >= 0.6 is 15.9 Å². The first-order valence-corrected chi connectivity index (χ1v) is 5.61. The number of halogens is 2. The summed E-state index contributed by atoms with van der Waals surface area (Å²) in [4.78, 5) is 0. The Bertz CT molecular complexity index is 342. The normalized spacial score (nSPS) is 12.6. The molecule has 0 radical (unpaired) electrons. The fraction of sp³-hybridized carbons (Fsp3) is 0.455. The molecule has 0 saturated heterocycles. The highest BCUT2D eigenvalue weighted by molar-refractivity contribution is 9.10. The molecule has 0 heterocycles. The fourth-order valence-corrected chi connectivity index (χ4v) is 1.79. The van der Waals surface area contributed by atoms with Gasteiger partial charge in [0, 0.05) is 16.1 Å². The third-order valence-electron chi connectivity index (χ3n) is 2.19. The van der Waals surface area contributed by atoms with Crippen LogP contribution in [0.15, 0.2) is 16.6 Å². The van der Waals surface area contributed by atoms with Crippen LogP contribution in [0.1, 0.15) is 18.9 Å². The van der Waals surface area contributed by atoms with Crippen LogP contribution in [0.2, 0.25) is 0 Å². The molecule has 0 unspecified atom stereocenters. The molecule has 0 aliphatic rings. The number of nitrogens with two attached hydrogens (primary N) is 1. The monoisotopic (exact) mass is 275 g/mol. The van der Waals surface area contributed by atoms with Gasteiger partial charge in [0.1, 0.15) is 11.6 Å². The van der Waals surface area contributed by atoms with Gasteiger partial charge < -0.3 is 10.5 Å². The van der Waals surface area contributed by atoms with Crippen LogP contribution in [0, 0.1) is 5.82 Å². The lowest BCUT2D eigenvalue weighted by atomic mass is 10.1. The zero-order valence-electron chi connectivity index (χ0n) is 8.89. The van der Waals surface area contributed by atoms with Gasteiger partial charge in [-0.3, -0.25) is 0 Å². The summed E-state index contributed by atoms with van der Waals surface area (Å²) in [6.45, 7) is 1.91. The molecule has 15 heavy (non-hydrogen) atoms. The van der Waals surface area contributed by atoms with Gasteiger partial charge in [-0.1, -0.05) is 15.9 Å². The molecule has 2 N–H and O–H groups in total. The van der Waals surface area contributed by atoms with Gasteiger partial charge in [0.05, 0.1) is 7.11 Å². The van der Waals surface area contributed by atoms with E-state index < -0.39 is 0 Å². The first kappa shape index (κ1) is 12.5. The SMILES string of the molecule is COc1cc(Br)cc(F)c1CC[C@H](C)N. The first-order chi connectivity index (χ1) is 7.04. The number of ether oxygens (including phenoxy) is 1. The summed E-state index contributed by atoms with van der Waals surface area (Å²) in [5, 5.41) is 0. The van der Waals surface area contributed by atoms with E-state index >= 15 is 0 Å². The maximum Gasteiger partial charge on any atom is 0.131 e. The van der Waals surface area contributed by atoms with Gasteiger partial charge in [-0.2, -0.15) is 0 Å². The summed E-state index contributed by atoms with van der Waals surface area (Å²) in [7, 11) is 1.54. The Morgan fingerprint density at radius 3 is 2.73 bits per heavy atom. The Balaban J connectivity index is 2.93. The molecule has 0 aliphatic carbocycles. The second-order valence-corrected chi connectivity index (χ2v) is 4.50. The lowest BCUT2D eigenvalue weighted by Crippen LogP contribution is -2.16. The molecular formula is C11H15BrFNO. The third kappa shape index (κ3) is 3.47. The van der Waals surface area contributed by atoms with E-state index in [-0.39, 0.29) is 11.9 Å². The third-order valence-corrected chi connectivity index (χ3v) is 2.65. The second kappa shape index (κ2) is 5.47. The molecule has 1 atom stereocenters. The number of benzene rings is 1. The van der Waals surface area contributed by atoms with Gasteiger partial charge >= 0.3 is 0 Å². The topological polar surface area (TPSA) is 35.2 Å². The molecule has 0 aromatic heterocycles. The van der Waals surface area contributed by atoms with E-state index in [1.54, 1.807) is 6.07 Å². The maximum atomic E-state index is 13.6. The van der Waals surface area contributed by atoms with Crippen molar-refractivity contribution in [2.24, 2.45) is 5.73 Å². The number of hydrogen-bond acceptors (Lipinski definition) is 2. The van der Waals surface area contributed by atoms with E-state index in [1.165, 1.54) is 13.2 Å². The van der Waals surface area contributed by atoms with Gasteiger partial charge in [-0.25, -0.2) is 4.39 Å². The van der Waals surface area contributed by atoms with Gasteiger partial charge in [0.15, 0.2) is 0 Å². The number of rotatable bonds is 4. The Labute approximate surface area is 97.7 Å². The first-order valence-electron chi connectivity index (χ1n) is 4.82. The summed E-state index contributed by atoms with van der Waals surface area (Å²) >= 11 is 3.22. The van der Waals surface area contributed by atoms with E-state index in [2.05, 4.69) is 15.9 Å². The van der Waals surface area contributed by atoms with Crippen molar-refractivity contribution in [1.82, 2.24) is 0 Å². The highest BCUT2D eigenvalue weighted by Gasteiger charge is 2.11. The minimum atomic E-state index is -0.248. The lowest BCUT2D eigenvalue weighted by Gasteiger charge is -2.11. The molecule has 0 fully saturated rings. The Hall–Kier alpha value is -0.610. The Morgan fingerprint density at radius 2 is 2.20 bits per heavy atom. The van der Waals surface area contributed by atoms with Crippen molar-refractivity contribution in [3.63, 3.8) is 0 Å². The molecule has 1 aromatic carbocycles. The van der Waals surface area contributed by atoms with Crippen LogP contribution in [0.4, 0.5) is 4.39 Å². The highest BCUT2D eigenvalue weighted by Crippen LogP contribution is 2.27. The molecule has 0 spiro atoms. The number of methoxy groups -OCH3 is 1. The van der Waals surface area contributed by atoms with Crippen LogP contribution in [0.5, 0.6) is 5.75 Å². The average Bonchev–Trinajstić information content (AvgIpc) is 2.14. The standard InChI is InChI=1S/C11H15BrFNO/c1-7(14)3-4-9-10(13)5-8(12)6-11(9)15-2/h5-7H,3-4,14H2,1-2H3/t7-/m0/s1. The van der Waals surface area contributed by atoms with Gasteiger partial charge in [-0.05, 0) is 31.9 Å². The van der Waals surface area contributed by atoms with Crippen molar-refractivity contribution < 1.29 is 9.13 Å². The summed E-state index contributed by atoms with van der Waals surface area (Å²) in [6, 6.07) is 3.27. The number of hydrogen-bond donors (Lipinski definition) is 1. The van der Waals surface area contributed by atoms with E-state index in [0.717, 1.165) is 6.42 Å². The summed E-state index contributed by atoms with van der Waals surface area (Å²) in [6.07, 6.45) is 1.34. The molecule has 1 rings (SSSR count). The molecule has 84 valence electrons. The Kier molecular flexibility index (Phi) is 4.54. The summed E-state index contributed by atoms with van der Waals surface area (Å²) in [5.74, 6) is 0.324. The molecule has 0 amide bonds. The van der Waals surface area contributed by atoms with E-state index in [0.29, 0.717) is 22.2 Å². The molecule has 1 aromatic rings. The van der Waals surface area contributed by atoms with Crippen molar-refractivity contribution in [3.8, 4) is 5.75 Å². The van der Waals surface area contributed by atoms with Crippen LogP contribution in [-0.4, -0.2) is 13.2 Å². The van der Waals surface area contributed by atoms with Crippen LogP contribution in [0.25, 0.3) is 0 Å². The fourth-order valence-electron chi connectivity index (χ4n) is 1.38. The zero-order chi connectivity index (χ0) is 11.4. The van der Waals surface area contributed by atoms with Gasteiger partial charge in [0.2, 0.25) is 0 Å². The van der Waals surface area contributed by atoms with Crippen LogP contribution in [0.3, 0.4) is 0 Å². The van der Waals surface area contributed by atoms with Crippen LogP contribution < -0.4 is 10.5 Å². The average molecular weight is 276 g/mol. The highest BCUT2D eigenvalue weighted by atomic mass is 79.9. The largest absolute Gasteiger partial charge is 0.496 e. The lowest BCUT2D eigenvalue weighted by molar-refractivity contribution is 0.402. The second-order valence-electron chi connectivity index (χ2n) is 3.58. The quantitative estimate of drug-likeness (QED) is 0.917. The van der Waals surface area contributed by atoms with Crippen molar-refractivity contribution in [2.45, 2.75) is 25.8 Å². The van der Waals surface area contributed by atoms with Crippen molar-refractivity contribution >= 4 is 15.9 Å². The summed E-state index contributed by atoms with van der Waals surface area (Å²) in [5.41, 5.74) is 6.23. The molecular weight excluding hydrogens is 261 g/mol. The maximum absolute atomic E-state index is 13.6. The smallest absolute Gasteiger partial charge is 0.131 e. The van der Waals surface area contributed by atoms with E-state index in [1.807, 2.05) is 6.92 Å². The molecule has 4 heteroatoms. The predicted octanol–water partition coefficient (Wildman–Crippen LogP) is 2.88. The van der Waals surface area contributed by atoms with Crippen LogP contribution in [-0.2, 0) is 6.42 Å². The molecule has 0 bridgehead atoms. The Morgan fingerprint density at radius 1 is 1.53 bits per heavy atom. The summed E-state index contributed by atoms with van der Waals surface area (Å²) < 4.78 is 19.4. The minimum Gasteiger partial charge on any atom is -0.496 e. The van der Waals surface area contributed by atoms with E-state index in [9.17, 15) is 4.39 Å². The predicted molar refractivity (Wildman–Crippen MR) is 62.6 cm³/mol.